The van der Waals surface area contributed by atoms with Gasteiger partial charge in [-0.15, -0.1) is 0 Å². The van der Waals surface area contributed by atoms with Gasteiger partial charge in [-0.2, -0.15) is 0 Å². The van der Waals surface area contributed by atoms with Crippen LogP contribution in [0.2, 0.25) is 0 Å². The van der Waals surface area contributed by atoms with Gasteiger partial charge in [0.05, 0.1) is 23.8 Å². The molecular formula is C32H30N2O5. The molecule has 2 unspecified atom stereocenters. The second kappa shape index (κ2) is 13.2. The number of rotatable bonds is 11. The lowest BCUT2D eigenvalue weighted by Gasteiger charge is -2.30. The van der Waals surface area contributed by atoms with Crippen molar-refractivity contribution in [2.75, 3.05) is 6.54 Å². The molecule has 2 amide bonds. The van der Waals surface area contributed by atoms with Crippen LogP contribution < -0.4 is 5.32 Å². The predicted molar refractivity (Wildman–Crippen MR) is 148 cm³/mol. The molecule has 0 saturated carbocycles. The maximum absolute atomic E-state index is 14.1. The molecule has 4 aromatic carbocycles. The van der Waals surface area contributed by atoms with Gasteiger partial charge in [0.25, 0.3) is 5.91 Å². The molecule has 7 nitrogen and oxygen atoms in total. The summed E-state index contributed by atoms with van der Waals surface area (Å²) < 4.78 is 0. The summed E-state index contributed by atoms with van der Waals surface area (Å²) in [6.45, 7) is 0.223. The maximum Gasteiger partial charge on any atom is 0.336 e. The predicted octanol–water partition coefficient (Wildman–Crippen LogP) is 4.49. The quantitative estimate of drug-likeness (QED) is 0.269. The lowest BCUT2D eigenvalue weighted by atomic mass is 10.0. The maximum atomic E-state index is 14.1. The summed E-state index contributed by atoms with van der Waals surface area (Å²) in [5.41, 5.74) is 2.18. The molecule has 0 heterocycles. The lowest BCUT2D eigenvalue weighted by Crippen LogP contribution is -2.50. The van der Waals surface area contributed by atoms with Gasteiger partial charge in [-0.3, -0.25) is 9.59 Å². The van der Waals surface area contributed by atoms with Crippen LogP contribution in [0.3, 0.4) is 0 Å². The first kappa shape index (κ1) is 27.3. The van der Waals surface area contributed by atoms with Crippen LogP contribution in [0.1, 0.15) is 43.5 Å². The molecule has 7 heteroatoms. The first-order chi connectivity index (χ1) is 18.9. The van der Waals surface area contributed by atoms with Crippen molar-refractivity contribution in [3.05, 3.63) is 143 Å². The fourth-order valence-corrected chi connectivity index (χ4v) is 4.40. The average Bonchev–Trinajstić information content (AvgIpc) is 2.97. The number of benzene rings is 4. The van der Waals surface area contributed by atoms with Crippen molar-refractivity contribution in [3.63, 3.8) is 0 Å². The number of carbonyl (C=O) groups excluding carboxylic acids is 2. The van der Waals surface area contributed by atoms with E-state index in [2.05, 4.69) is 5.32 Å². The molecule has 0 aliphatic rings. The number of aliphatic hydroxyl groups is 1. The number of carbonyl (C=O) groups is 3. The van der Waals surface area contributed by atoms with E-state index in [0.29, 0.717) is 5.56 Å². The molecule has 0 spiro atoms. The molecule has 0 aliphatic carbocycles. The Balaban J connectivity index is 1.66. The number of hydrogen-bond donors (Lipinski definition) is 3. The van der Waals surface area contributed by atoms with Gasteiger partial charge in [0.2, 0.25) is 5.91 Å². The Kier molecular flexibility index (Phi) is 9.21. The SMILES string of the molecule is O=C(O)c1ccccc1C(=O)NC(Cc1ccccc1)C(=O)N(Cc1ccccc1)CC(O)c1ccccc1. The minimum atomic E-state index is -1.23. The molecule has 0 fully saturated rings. The number of carboxylic acid groups (broad SMARTS) is 1. The second-order valence-corrected chi connectivity index (χ2v) is 9.20. The summed E-state index contributed by atoms with van der Waals surface area (Å²) in [4.78, 5) is 40.6. The van der Waals surface area contributed by atoms with Crippen molar-refractivity contribution in [1.29, 1.82) is 0 Å². The van der Waals surface area contributed by atoms with E-state index in [1.54, 1.807) is 24.3 Å². The number of aliphatic hydroxyl groups excluding tert-OH is 1. The van der Waals surface area contributed by atoms with Crippen LogP contribution in [-0.2, 0) is 17.8 Å². The molecule has 3 N–H and O–H groups in total. The summed E-state index contributed by atoms with van der Waals surface area (Å²) in [7, 11) is 0. The Morgan fingerprint density at radius 2 is 1.21 bits per heavy atom. The Hall–Kier alpha value is -4.75. The van der Waals surface area contributed by atoms with Gasteiger partial charge in [0, 0.05) is 13.0 Å². The molecule has 0 saturated heterocycles. The topological polar surface area (TPSA) is 107 Å². The van der Waals surface area contributed by atoms with Crippen molar-refractivity contribution in [2.24, 2.45) is 0 Å². The summed E-state index contributed by atoms with van der Waals surface area (Å²) in [5, 5.41) is 23.4. The van der Waals surface area contributed by atoms with Crippen LogP contribution >= 0.6 is 0 Å². The number of nitrogens with one attached hydrogen (secondary N) is 1. The van der Waals surface area contributed by atoms with Gasteiger partial charge in [0.15, 0.2) is 0 Å². The Morgan fingerprint density at radius 3 is 1.79 bits per heavy atom. The number of carboxylic acids is 1. The van der Waals surface area contributed by atoms with E-state index in [1.807, 2.05) is 78.9 Å². The lowest BCUT2D eigenvalue weighted by molar-refractivity contribution is -0.135. The third-order valence-electron chi connectivity index (χ3n) is 6.39. The Labute approximate surface area is 227 Å². The summed E-state index contributed by atoms with van der Waals surface area (Å²) >= 11 is 0. The third-order valence-corrected chi connectivity index (χ3v) is 6.39. The highest BCUT2D eigenvalue weighted by Gasteiger charge is 2.29. The molecule has 39 heavy (non-hydrogen) atoms. The van der Waals surface area contributed by atoms with E-state index in [0.717, 1.165) is 11.1 Å². The fourth-order valence-electron chi connectivity index (χ4n) is 4.40. The van der Waals surface area contributed by atoms with Gasteiger partial charge in [-0.1, -0.05) is 103 Å². The molecule has 0 bridgehead atoms. The first-order valence-corrected chi connectivity index (χ1v) is 12.6. The highest BCUT2D eigenvalue weighted by Crippen LogP contribution is 2.18. The van der Waals surface area contributed by atoms with Gasteiger partial charge in [-0.05, 0) is 28.8 Å². The zero-order valence-electron chi connectivity index (χ0n) is 21.3. The molecule has 0 aromatic heterocycles. The fraction of sp³-hybridized carbons (Fsp3) is 0.156. The summed E-state index contributed by atoms with van der Waals surface area (Å²) in [6, 6.07) is 32.6. The molecule has 0 aliphatic heterocycles. The minimum absolute atomic E-state index is 0.00458. The van der Waals surface area contributed by atoms with Gasteiger partial charge >= 0.3 is 5.97 Å². The van der Waals surface area contributed by atoms with Crippen molar-refractivity contribution < 1.29 is 24.6 Å². The van der Waals surface area contributed by atoms with Crippen LogP contribution in [0, 0.1) is 0 Å². The van der Waals surface area contributed by atoms with Crippen LogP contribution in [0.5, 0.6) is 0 Å². The Bertz CT molecular complexity index is 1390. The third kappa shape index (κ3) is 7.40. The summed E-state index contributed by atoms with van der Waals surface area (Å²) in [5.74, 6) is -2.28. The van der Waals surface area contributed by atoms with E-state index in [1.165, 1.54) is 17.0 Å². The van der Waals surface area contributed by atoms with E-state index in [4.69, 9.17) is 0 Å². The largest absolute Gasteiger partial charge is 0.478 e. The van der Waals surface area contributed by atoms with E-state index in [-0.39, 0.29) is 36.5 Å². The smallest absolute Gasteiger partial charge is 0.336 e. The molecule has 0 radical (unpaired) electrons. The average molecular weight is 523 g/mol. The van der Waals surface area contributed by atoms with Crippen molar-refractivity contribution >= 4 is 17.8 Å². The number of amides is 2. The van der Waals surface area contributed by atoms with Crippen LogP contribution in [-0.4, -0.2) is 45.5 Å². The van der Waals surface area contributed by atoms with E-state index in [9.17, 15) is 24.6 Å². The molecule has 198 valence electrons. The number of hydrogen-bond acceptors (Lipinski definition) is 4. The van der Waals surface area contributed by atoms with Crippen LogP contribution in [0.25, 0.3) is 0 Å². The normalized spacial score (nSPS) is 12.2. The number of aromatic carboxylic acids is 1. The molecular weight excluding hydrogens is 492 g/mol. The van der Waals surface area contributed by atoms with Gasteiger partial charge in [0.1, 0.15) is 6.04 Å². The van der Waals surface area contributed by atoms with Crippen molar-refractivity contribution in [3.8, 4) is 0 Å². The Morgan fingerprint density at radius 1 is 0.692 bits per heavy atom. The monoisotopic (exact) mass is 522 g/mol. The zero-order chi connectivity index (χ0) is 27.6. The second-order valence-electron chi connectivity index (χ2n) is 9.20. The van der Waals surface area contributed by atoms with Gasteiger partial charge in [-0.25, -0.2) is 4.79 Å². The van der Waals surface area contributed by atoms with Crippen molar-refractivity contribution in [2.45, 2.75) is 25.1 Å². The first-order valence-electron chi connectivity index (χ1n) is 12.6. The van der Waals surface area contributed by atoms with Gasteiger partial charge < -0.3 is 20.4 Å². The highest BCUT2D eigenvalue weighted by atomic mass is 16.4. The zero-order valence-corrected chi connectivity index (χ0v) is 21.3. The molecule has 2 atom stereocenters. The number of nitrogens with zero attached hydrogens (tertiary/aromatic N) is 1. The van der Waals surface area contributed by atoms with Crippen LogP contribution in [0.15, 0.2) is 115 Å². The molecule has 4 aromatic rings. The summed E-state index contributed by atoms with van der Waals surface area (Å²) in [6.07, 6.45) is -0.757. The van der Waals surface area contributed by atoms with Crippen molar-refractivity contribution in [1.82, 2.24) is 10.2 Å². The standard InChI is InChI=1S/C32H30N2O5/c35-29(25-16-8-3-9-17-25)22-34(21-24-14-6-2-7-15-24)31(37)28(20-23-12-4-1-5-13-23)33-30(36)26-18-10-11-19-27(26)32(38)39/h1-19,28-29,35H,20-22H2,(H,33,36)(H,38,39). The molecule has 4 rings (SSSR count). The van der Waals surface area contributed by atoms with E-state index >= 15 is 0 Å². The highest BCUT2D eigenvalue weighted by molar-refractivity contribution is 6.06. The minimum Gasteiger partial charge on any atom is -0.478 e. The van der Waals surface area contributed by atoms with E-state index < -0.39 is 24.0 Å². The van der Waals surface area contributed by atoms with Crippen LogP contribution in [0.4, 0.5) is 0 Å².